The molecule has 0 saturated carbocycles. The van der Waals surface area contributed by atoms with E-state index < -0.39 is 22.1 Å². The van der Waals surface area contributed by atoms with Crippen LogP contribution in [0.4, 0.5) is 5.69 Å². The molecular formula is C29H54N2O6S. The Hall–Kier alpha value is -1.07. The summed E-state index contributed by atoms with van der Waals surface area (Å²) >= 11 is 0. The number of benzene rings is 1. The van der Waals surface area contributed by atoms with Gasteiger partial charge < -0.3 is 29.5 Å². The Kier molecular flexibility index (Phi) is 14.7. The lowest BCUT2D eigenvalue weighted by molar-refractivity contribution is 0.0241. The van der Waals surface area contributed by atoms with Gasteiger partial charge in [0.25, 0.3) is 0 Å². The van der Waals surface area contributed by atoms with Crippen molar-refractivity contribution in [3.05, 3.63) is 17.7 Å². The topological polar surface area (TPSA) is 104 Å². The van der Waals surface area contributed by atoms with Crippen molar-refractivity contribution in [3.8, 4) is 5.75 Å². The first-order chi connectivity index (χ1) is 18.2. The van der Waals surface area contributed by atoms with Crippen molar-refractivity contribution in [2.24, 2.45) is 5.41 Å². The standard InChI is InChI=1S/C29H54N2O6S/c1-6-9-11-29(12-10-7-2)23-38(33,34)27-22-26(25(31(4)5)20-24(27)21-28(29)32)37-19-18-36-17-16-35-15-14-30-13-8-3/h20,22,28,30,32-34H,6-19,21,23H2,1-5H3/t28-/m0/s1. The van der Waals surface area contributed by atoms with Gasteiger partial charge in [0.1, 0.15) is 12.4 Å². The van der Waals surface area contributed by atoms with Crippen molar-refractivity contribution in [2.45, 2.75) is 83.1 Å². The quantitative estimate of drug-likeness (QED) is 0.164. The molecule has 0 bridgehead atoms. The summed E-state index contributed by atoms with van der Waals surface area (Å²) in [4.78, 5) is 2.47. The largest absolute Gasteiger partial charge is 0.489 e. The maximum atomic E-state index is 11.5. The van der Waals surface area contributed by atoms with E-state index in [1.807, 2.05) is 25.1 Å². The molecule has 1 aromatic carbocycles. The molecule has 8 nitrogen and oxygen atoms in total. The van der Waals surface area contributed by atoms with Crippen LogP contribution in [0.15, 0.2) is 17.0 Å². The van der Waals surface area contributed by atoms with Crippen molar-refractivity contribution < 1.29 is 28.4 Å². The van der Waals surface area contributed by atoms with Crippen LogP contribution in [0.25, 0.3) is 0 Å². The molecule has 1 heterocycles. The summed E-state index contributed by atoms with van der Waals surface area (Å²) in [6.45, 7) is 10.7. The average Bonchev–Trinajstić information content (AvgIpc) is 2.96. The van der Waals surface area contributed by atoms with Gasteiger partial charge in [-0.05, 0) is 37.4 Å². The van der Waals surface area contributed by atoms with Gasteiger partial charge in [-0.15, -0.1) is 0 Å². The summed E-state index contributed by atoms with van der Waals surface area (Å²) in [5, 5.41) is 14.8. The second-order valence-electron chi connectivity index (χ2n) is 10.7. The van der Waals surface area contributed by atoms with Gasteiger partial charge in [-0.3, -0.25) is 9.11 Å². The van der Waals surface area contributed by atoms with E-state index in [4.69, 9.17) is 14.2 Å². The zero-order chi connectivity index (χ0) is 28.0. The van der Waals surface area contributed by atoms with Gasteiger partial charge >= 0.3 is 0 Å². The molecule has 2 rings (SSSR count). The minimum Gasteiger partial charge on any atom is -0.489 e. The first-order valence-electron chi connectivity index (χ1n) is 14.5. The highest BCUT2D eigenvalue weighted by Crippen LogP contribution is 2.60. The van der Waals surface area contributed by atoms with E-state index in [0.29, 0.717) is 50.1 Å². The molecule has 0 amide bonds. The summed E-state index contributed by atoms with van der Waals surface area (Å²) in [6, 6.07) is 3.74. The fraction of sp³-hybridized carbons (Fsp3) is 0.793. The highest BCUT2D eigenvalue weighted by molar-refractivity contribution is 8.24. The highest BCUT2D eigenvalue weighted by atomic mass is 32.3. The minimum absolute atomic E-state index is 0.200. The monoisotopic (exact) mass is 558 g/mol. The van der Waals surface area contributed by atoms with Crippen molar-refractivity contribution in [3.63, 3.8) is 0 Å². The Morgan fingerprint density at radius 2 is 1.55 bits per heavy atom. The fourth-order valence-corrected chi connectivity index (χ4v) is 7.46. The van der Waals surface area contributed by atoms with Crippen LogP contribution in [-0.4, -0.2) is 86.3 Å². The molecule has 0 spiro atoms. The third-order valence-corrected chi connectivity index (χ3v) is 9.41. The molecule has 222 valence electrons. The van der Waals surface area contributed by atoms with Crippen LogP contribution in [0.2, 0.25) is 0 Å². The van der Waals surface area contributed by atoms with E-state index in [1.54, 1.807) is 6.07 Å². The van der Waals surface area contributed by atoms with Crippen LogP contribution >= 0.6 is 10.6 Å². The number of nitrogens with zero attached hydrogens (tertiary/aromatic N) is 1. The zero-order valence-electron chi connectivity index (χ0n) is 24.5. The van der Waals surface area contributed by atoms with Crippen molar-refractivity contribution in [1.82, 2.24) is 5.32 Å². The van der Waals surface area contributed by atoms with E-state index >= 15 is 0 Å². The van der Waals surface area contributed by atoms with E-state index in [-0.39, 0.29) is 5.75 Å². The van der Waals surface area contributed by atoms with Crippen molar-refractivity contribution in [1.29, 1.82) is 0 Å². The normalized spacial score (nSPS) is 19.0. The second kappa shape index (κ2) is 16.9. The van der Waals surface area contributed by atoms with Crippen molar-refractivity contribution >= 4 is 16.3 Å². The number of nitrogens with one attached hydrogen (secondary N) is 1. The number of rotatable bonds is 19. The third kappa shape index (κ3) is 9.84. The second-order valence-corrected chi connectivity index (χ2v) is 12.8. The van der Waals surface area contributed by atoms with Gasteiger partial charge in [-0.1, -0.05) is 46.5 Å². The van der Waals surface area contributed by atoms with Crippen LogP contribution in [0.1, 0.15) is 71.3 Å². The van der Waals surface area contributed by atoms with Crippen molar-refractivity contribution in [2.75, 3.05) is 70.9 Å². The first-order valence-corrected chi connectivity index (χ1v) is 16.2. The molecule has 1 aliphatic rings. The maximum absolute atomic E-state index is 11.5. The molecule has 0 aliphatic carbocycles. The Balaban J connectivity index is 2.08. The molecule has 0 radical (unpaired) electrons. The Morgan fingerprint density at radius 3 is 2.16 bits per heavy atom. The Labute approximate surface area is 232 Å². The predicted octanol–water partition coefficient (Wildman–Crippen LogP) is 5.56. The van der Waals surface area contributed by atoms with Crippen LogP contribution in [-0.2, 0) is 15.9 Å². The molecule has 0 unspecified atom stereocenters. The molecule has 0 saturated heterocycles. The van der Waals surface area contributed by atoms with Gasteiger partial charge in [-0.25, -0.2) is 0 Å². The average molecular weight is 559 g/mol. The van der Waals surface area contributed by atoms with E-state index in [0.717, 1.165) is 69.3 Å². The van der Waals surface area contributed by atoms with Crippen LogP contribution < -0.4 is 15.0 Å². The first kappa shape index (κ1) is 33.1. The summed E-state index contributed by atoms with van der Waals surface area (Å²) < 4.78 is 40.3. The van der Waals surface area contributed by atoms with E-state index in [2.05, 4.69) is 26.1 Å². The highest BCUT2D eigenvalue weighted by Gasteiger charge is 2.45. The minimum atomic E-state index is -3.11. The number of fused-ring (bicyclic) bond motifs is 1. The molecule has 0 aromatic heterocycles. The van der Waals surface area contributed by atoms with Crippen LogP contribution in [0, 0.1) is 5.41 Å². The molecule has 1 aromatic rings. The summed E-state index contributed by atoms with van der Waals surface area (Å²) in [5.74, 6) is 0.797. The van der Waals surface area contributed by atoms with Gasteiger partial charge in [0.05, 0.1) is 48.9 Å². The fourth-order valence-electron chi connectivity index (χ4n) is 5.16. The lowest BCUT2D eigenvalue weighted by Gasteiger charge is -2.44. The molecule has 1 atom stereocenters. The van der Waals surface area contributed by atoms with Crippen LogP contribution in [0.5, 0.6) is 5.75 Å². The van der Waals surface area contributed by atoms with E-state index in [9.17, 15) is 14.2 Å². The number of anilines is 1. The Morgan fingerprint density at radius 1 is 0.921 bits per heavy atom. The number of ether oxygens (including phenoxy) is 3. The predicted molar refractivity (Wildman–Crippen MR) is 158 cm³/mol. The molecule has 38 heavy (non-hydrogen) atoms. The number of aliphatic hydroxyl groups excluding tert-OH is 1. The number of unbranched alkanes of at least 4 members (excludes halogenated alkanes) is 2. The van der Waals surface area contributed by atoms with Gasteiger partial charge in [0, 0.05) is 38.5 Å². The summed E-state index contributed by atoms with van der Waals surface area (Å²) in [5.41, 5.74) is 1.15. The lowest BCUT2D eigenvalue weighted by atomic mass is 9.73. The molecule has 0 fully saturated rings. The zero-order valence-corrected chi connectivity index (χ0v) is 25.3. The molecule has 1 aliphatic heterocycles. The third-order valence-electron chi connectivity index (χ3n) is 7.35. The smallest absolute Gasteiger partial charge is 0.144 e. The lowest BCUT2D eigenvalue weighted by Crippen LogP contribution is -2.40. The number of aliphatic hydroxyl groups is 1. The number of hydrogen-bond donors (Lipinski definition) is 4. The summed E-state index contributed by atoms with van der Waals surface area (Å²) in [7, 11) is 0.770. The van der Waals surface area contributed by atoms with Gasteiger partial charge in [-0.2, -0.15) is 10.6 Å². The molecular weight excluding hydrogens is 504 g/mol. The SMILES string of the molecule is CCCCC1(CCCC)CS(O)(O)c2cc(OCCOCCOCCNCCC)c(N(C)C)cc2C[C@@H]1O. The molecule has 4 N–H and O–H groups in total. The summed E-state index contributed by atoms with van der Waals surface area (Å²) in [6.07, 6.45) is 6.46. The Bertz CT molecular complexity index is 800. The van der Waals surface area contributed by atoms with Gasteiger partial charge in [0.2, 0.25) is 0 Å². The maximum Gasteiger partial charge on any atom is 0.144 e. The number of hydrogen-bond acceptors (Lipinski definition) is 8. The van der Waals surface area contributed by atoms with E-state index in [1.165, 1.54) is 0 Å². The molecule has 9 heteroatoms. The van der Waals surface area contributed by atoms with Crippen LogP contribution in [0.3, 0.4) is 0 Å². The van der Waals surface area contributed by atoms with Gasteiger partial charge in [0.15, 0.2) is 0 Å².